The summed E-state index contributed by atoms with van der Waals surface area (Å²) < 4.78 is 23.7. The molecular formula is C12H20ClNO3S. The Morgan fingerprint density at radius 3 is 2.33 bits per heavy atom. The Labute approximate surface area is 113 Å². The first kappa shape index (κ1) is 14.1. The maximum absolute atomic E-state index is 12.0. The quantitative estimate of drug-likeness (QED) is 0.787. The van der Waals surface area contributed by atoms with Gasteiger partial charge in [0.25, 0.3) is 0 Å². The first-order chi connectivity index (χ1) is 8.49. The molecule has 6 heteroatoms. The van der Waals surface area contributed by atoms with Crippen molar-refractivity contribution in [3.8, 4) is 0 Å². The summed E-state index contributed by atoms with van der Waals surface area (Å²) in [6, 6.07) is 0.102. The molecule has 1 heterocycles. The molecule has 1 amide bonds. The number of sulfone groups is 1. The van der Waals surface area contributed by atoms with E-state index in [-0.39, 0.29) is 23.1 Å². The fourth-order valence-electron chi connectivity index (χ4n) is 2.74. The fourth-order valence-corrected chi connectivity index (χ4v) is 4.80. The highest BCUT2D eigenvalue weighted by Crippen LogP contribution is 2.24. The minimum atomic E-state index is -3.22. The molecule has 1 saturated carbocycles. The van der Waals surface area contributed by atoms with Gasteiger partial charge in [0.1, 0.15) is 5.25 Å². The van der Waals surface area contributed by atoms with Crippen molar-refractivity contribution in [2.24, 2.45) is 0 Å². The van der Waals surface area contributed by atoms with E-state index in [1.165, 1.54) is 0 Å². The Bertz CT molecular complexity index is 402. The summed E-state index contributed by atoms with van der Waals surface area (Å²) in [5.41, 5.74) is 0. The van der Waals surface area contributed by atoms with Crippen LogP contribution in [0.3, 0.4) is 0 Å². The van der Waals surface area contributed by atoms with Crippen LogP contribution in [-0.4, -0.2) is 36.7 Å². The molecule has 18 heavy (non-hydrogen) atoms. The molecule has 1 aliphatic carbocycles. The van der Waals surface area contributed by atoms with E-state index in [9.17, 15) is 13.2 Å². The van der Waals surface area contributed by atoms with E-state index in [4.69, 9.17) is 11.6 Å². The number of hydrogen-bond acceptors (Lipinski definition) is 3. The van der Waals surface area contributed by atoms with Crippen LogP contribution in [-0.2, 0) is 14.6 Å². The SMILES string of the molecule is O=C(NC1CCC(Cl)CC1)C1CCCCS1(=O)=O. The fraction of sp³-hybridized carbons (Fsp3) is 0.917. The Balaban J connectivity index is 1.91. The van der Waals surface area contributed by atoms with E-state index >= 15 is 0 Å². The van der Waals surface area contributed by atoms with Gasteiger partial charge in [-0.05, 0) is 38.5 Å². The molecule has 0 aromatic rings. The molecule has 104 valence electrons. The average Bonchev–Trinajstić information content (AvgIpc) is 2.31. The molecule has 1 atom stereocenters. The summed E-state index contributed by atoms with van der Waals surface area (Å²) in [4.78, 5) is 12.0. The molecule has 1 unspecified atom stereocenters. The lowest BCUT2D eigenvalue weighted by molar-refractivity contribution is -0.121. The Kier molecular flexibility index (Phi) is 4.54. The van der Waals surface area contributed by atoms with Gasteiger partial charge in [-0.25, -0.2) is 8.42 Å². The highest BCUT2D eigenvalue weighted by molar-refractivity contribution is 7.92. The molecule has 0 aromatic heterocycles. The van der Waals surface area contributed by atoms with Crippen LogP contribution in [0, 0.1) is 0 Å². The standard InChI is InChI=1S/C12H20ClNO3S/c13-9-4-6-10(7-5-9)14-12(15)11-3-1-2-8-18(11,16)17/h9-11H,1-8H2,(H,14,15). The van der Waals surface area contributed by atoms with Crippen molar-refractivity contribution in [1.82, 2.24) is 5.32 Å². The lowest BCUT2D eigenvalue weighted by Gasteiger charge is -2.28. The number of hydrogen-bond donors (Lipinski definition) is 1. The third kappa shape index (κ3) is 3.38. The summed E-state index contributed by atoms with van der Waals surface area (Å²) in [5, 5.41) is 2.27. The Morgan fingerprint density at radius 2 is 1.72 bits per heavy atom. The van der Waals surface area contributed by atoms with Gasteiger partial charge >= 0.3 is 0 Å². The van der Waals surface area contributed by atoms with E-state index < -0.39 is 15.1 Å². The van der Waals surface area contributed by atoms with Crippen LogP contribution in [0.5, 0.6) is 0 Å². The van der Waals surface area contributed by atoms with Crippen molar-refractivity contribution in [1.29, 1.82) is 0 Å². The Hall–Kier alpha value is -0.290. The second-order valence-corrected chi connectivity index (χ2v) is 8.23. The van der Waals surface area contributed by atoms with Crippen LogP contribution < -0.4 is 5.32 Å². The predicted octanol–water partition coefficient (Wildman–Crippen LogP) is 1.62. The molecular weight excluding hydrogens is 274 g/mol. The number of carbonyl (C=O) groups is 1. The highest BCUT2D eigenvalue weighted by atomic mass is 35.5. The molecule has 4 nitrogen and oxygen atoms in total. The van der Waals surface area contributed by atoms with Gasteiger partial charge in [-0.1, -0.05) is 6.42 Å². The molecule has 2 aliphatic rings. The monoisotopic (exact) mass is 293 g/mol. The minimum Gasteiger partial charge on any atom is -0.352 e. The zero-order valence-electron chi connectivity index (χ0n) is 10.4. The zero-order chi connectivity index (χ0) is 13.2. The molecule has 0 aromatic carbocycles. The van der Waals surface area contributed by atoms with Gasteiger partial charge in [0.2, 0.25) is 5.91 Å². The van der Waals surface area contributed by atoms with Crippen LogP contribution in [0.15, 0.2) is 0 Å². The topological polar surface area (TPSA) is 63.2 Å². The van der Waals surface area contributed by atoms with E-state index in [0.29, 0.717) is 12.8 Å². The van der Waals surface area contributed by atoms with Gasteiger partial charge < -0.3 is 5.32 Å². The molecule has 1 N–H and O–H groups in total. The second-order valence-electron chi connectivity index (χ2n) is 5.31. The predicted molar refractivity (Wildman–Crippen MR) is 71.5 cm³/mol. The molecule has 0 bridgehead atoms. The van der Waals surface area contributed by atoms with E-state index in [1.807, 2.05) is 0 Å². The second kappa shape index (κ2) is 5.78. The third-order valence-corrected chi connectivity index (χ3v) is 6.49. The van der Waals surface area contributed by atoms with Gasteiger partial charge in [0, 0.05) is 11.4 Å². The van der Waals surface area contributed by atoms with Crippen LogP contribution in [0.4, 0.5) is 0 Å². The maximum Gasteiger partial charge on any atom is 0.238 e. The van der Waals surface area contributed by atoms with Crippen LogP contribution in [0.1, 0.15) is 44.9 Å². The lowest BCUT2D eigenvalue weighted by atomic mass is 9.95. The van der Waals surface area contributed by atoms with Crippen molar-refractivity contribution < 1.29 is 13.2 Å². The number of halogens is 1. The van der Waals surface area contributed by atoms with Crippen LogP contribution in [0.2, 0.25) is 0 Å². The molecule has 1 aliphatic heterocycles. The molecule has 1 saturated heterocycles. The normalized spacial score (nSPS) is 35.9. The molecule has 2 fully saturated rings. The number of carbonyl (C=O) groups excluding carboxylic acids is 1. The molecule has 0 radical (unpaired) electrons. The van der Waals surface area contributed by atoms with E-state index in [0.717, 1.165) is 32.1 Å². The summed E-state index contributed by atoms with van der Waals surface area (Å²) in [5.74, 6) is -0.146. The summed E-state index contributed by atoms with van der Waals surface area (Å²) in [6.07, 6.45) is 5.47. The third-order valence-electron chi connectivity index (χ3n) is 3.87. The number of alkyl halides is 1. The van der Waals surface area contributed by atoms with Gasteiger partial charge in [-0.15, -0.1) is 11.6 Å². The van der Waals surface area contributed by atoms with Crippen molar-refractivity contribution in [2.75, 3.05) is 5.75 Å². The average molecular weight is 294 g/mol. The molecule has 0 spiro atoms. The zero-order valence-corrected chi connectivity index (χ0v) is 12.0. The highest BCUT2D eigenvalue weighted by Gasteiger charge is 2.35. The van der Waals surface area contributed by atoms with E-state index in [1.54, 1.807) is 0 Å². The number of nitrogens with one attached hydrogen (secondary N) is 1. The van der Waals surface area contributed by atoms with Gasteiger partial charge in [-0.2, -0.15) is 0 Å². The van der Waals surface area contributed by atoms with Crippen LogP contribution in [0.25, 0.3) is 0 Å². The van der Waals surface area contributed by atoms with Gasteiger partial charge in [0.15, 0.2) is 9.84 Å². The lowest BCUT2D eigenvalue weighted by Crippen LogP contribution is -2.47. The smallest absolute Gasteiger partial charge is 0.238 e. The number of rotatable bonds is 2. The molecule has 2 rings (SSSR count). The van der Waals surface area contributed by atoms with E-state index in [2.05, 4.69) is 5.32 Å². The van der Waals surface area contributed by atoms with Crippen LogP contribution >= 0.6 is 11.6 Å². The number of amides is 1. The van der Waals surface area contributed by atoms with Gasteiger partial charge in [0.05, 0.1) is 5.75 Å². The largest absolute Gasteiger partial charge is 0.352 e. The van der Waals surface area contributed by atoms with Crippen molar-refractivity contribution >= 4 is 27.3 Å². The van der Waals surface area contributed by atoms with Crippen molar-refractivity contribution in [3.63, 3.8) is 0 Å². The van der Waals surface area contributed by atoms with Crippen molar-refractivity contribution in [3.05, 3.63) is 0 Å². The van der Waals surface area contributed by atoms with Crippen molar-refractivity contribution in [2.45, 2.75) is 61.6 Å². The maximum atomic E-state index is 12.0. The summed E-state index contributed by atoms with van der Waals surface area (Å²) in [7, 11) is -3.22. The summed E-state index contributed by atoms with van der Waals surface area (Å²) in [6.45, 7) is 0. The minimum absolute atomic E-state index is 0.102. The first-order valence-corrected chi connectivity index (χ1v) is 8.80. The Morgan fingerprint density at radius 1 is 1.06 bits per heavy atom. The first-order valence-electron chi connectivity index (χ1n) is 6.65. The summed E-state index contributed by atoms with van der Waals surface area (Å²) >= 11 is 6.00. The van der Waals surface area contributed by atoms with Gasteiger partial charge in [-0.3, -0.25) is 4.79 Å².